The van der Waals surface area contributed by atoms with Crippen molar-refractivity contribution in [3.63, 3.8) is 0 Å². The van der Waals surface area contributed by atoms with Crippen LogP contribution in [0.5, 0.6) is 5.75 Å². The topological polar surface area (TPSA) is 73.1 Å². The number of nitrogens with two attached hydrogens (primary N) is 1. The van der Waals surface area contributed by atoms with Crippen molar-refractivity contribution in [1.82, 2.24) is 9.97 Å². The third-order valence-corrected chi connectivity index (χ3v) is 4.43. The van der Waals surface area contributed by atoms with E-state index in [0.717, 1.165) is 17.8 Å². The van der Waals surface area contributed by atoms with Crippen LogP contribution >= 0.6 is 11.8 Å². The number of anilines is 2. The molecule has 3 N–H and O–H groups in total. The van der Waals surface area contributed by atoms with E-state index in [4.69, 9.17) is 10.5 Å². The Hall–Kier alpha value is -3.22. The first-order chi connectivity index (χ1) is 14.9. The SMILES string of the molecule is C#CCN.COc1cc(F)ccc1-c1nc(Nc2cc(F)cc(CSC)c2)ncc1F. The first-order valence-electron chi connectivity index (χ1n) is 8.97. The van der Waals surface area contributed by atoms with Gasteiger partial charge in [-0.1, -0.05) is 5.92 Å². The van der Waals surface area contributed by atoms with Gasteiger partial charge in [-0.25, -0.2) is 23.1 Å². The largest absolute Gasteiger partial charge is 0.496 e. The molecule has 0 amide bonds. The molecular formula is C22H21F3N4OS. The molecule has 3 rings (SSSR count). The summed E-state index contributed by atoms with van der Waals surface area (Å²) < 4.78 is 46.6. The van der Waals surface area contributed by atoms with E-state index in [1.807, 2.05) is 6.26 Å². The zero-order valence-corrected chi connectivity index (χ0v) is 17.8. The summed E-state index contributed by atoms with van der Waals surface area (Å²) in [5.74, 6) is 1.49. The summed E-state index contributed by atoms with van der Waals surface area (Å²) >= 11 is 1.57. The van der Waals surface area contributed by atoms with Gasteiger partial charge < -0.3 is 15.8 Å². The summed E-state index contributed by atoms with van der Waals surface area (Å²) in [5.41, 5.74) is 6.27. The quantitative estimate of drug-likeness (QED) is 0.532. The van der Waals surface area contributed by atoms with E-state index in [2.05, 4.69) is 27.6 Å². The van der Waals surface area contributed by atoms with Crippen LogP contribution in [0, 0.1) is 29.8 Å². The maximum Gasteiger partial charge on any atom is 0.227 e. The zero-order valence-electron chi connectivity index (χ0n) is 17.0. The van der Waals surface area contributed by atoms with Crippen molar-refractivity contribution in [2.45, 2.75) is 5.75 Å². The van der Waals surface area contributed by atoms with Gasteiger partial charge in [-0.2, -0.15) is 11.8 Å². The number of methoxy groups -OCH3 is 1. The van der Waals surface area contributed by atoms with Crippen LogP contribution in [0.4, 0.5) is 24.8 Å². The third kappa shape index (κ3) is 6.91. The molecule has 0 fully saturated rings. The van der Waals surface area contributed by atoms with Crippen LogP contribution in [0.1, 0.15) is 5.56 Å². The number of nitrogens with zero attached hydrogens (tertiary/aromatic N) is 2. The molecule has 3 aromatic rings. The minimum Gasteiger partial charge on any atom is -0.496 e. The molecule has 0 bridgehead atoms. The van der Waals surface area contributed by atoms with Crippen molar-refractivity contribution < 1.29 is 17.9 Å². The van der Waals surface area contributed by atoms with Crippen LogP contribution in [-0.4, -0.2) is 29.9 Å². The van der Waals surface area contributed by atoms with Gasteiger partial charge >= 0.3 is 0 Å². The van der Waals surface area contributed by atoms with Crippen molar-refractivity contribution >= 4 is 23.4 Å². The first kappa shape index (κ1) is 24.1. The monoisotopic (exact) mass is 446 g/mol. The van der Waals surface area contributed by atoms with Gasteiger partial charge in [0.05, 0.1) is 19.9 Å². The van der Waals surface area contributed by atoms with Gasteiger partial charge in [-0.3, -0.25) is 0 Å². The van der Waals surface area contributed by atoms with Crippen molar-refractivity contribution in [2.75, 3.05) is 25.2 Å². The highest BCUT2D eigenvalue weighted by molar-refractivity contribution is 7.97. The number of ether oxygens (including phenoxy) is 1. The molecule has 0 unspecified atom stereocenters. The Kier molecular flexibility index (Phi) is 9.18. The van der Waals surface area contributed by atoms with E-state index < -0.39 is 17.5 Å². The molecule has 0 atom stereocenters. The Morgan fingerprint density at radius 1 is 1.16 bits per heavy atom. The van der Waals surface area contributed by atoms with Crippen LogP contribution < -0.4 is 15.8 Å². The summed E-state index contributed by atoms with van der Waals surface area (Å²) in [4.78, 5) is 8.05. The highest BCUT2D eigenvalue weighted by Gasteiger charge is 2.15. The van der Waals surface area contributed by atoms with Crippen LogP contribution in [0.25, 0.3) is 11.3 Å². The lowest BCUT2D eigenvalue weighted by Gasteiger charge is -2.11. The molecule has 162 valence electrons. The van der Waals surface area contributed by atoms with E-state index in [9.17, 15) is 13.2 Å². The van der Waals surface area contributed by atoms with Gasteiger partial charge in [0.2, 0.25) is 5.95 Å². The molecule has 0 saturated carbocycles. The Morgan fingerprint density at radius 2 is 1.90 bits per heavy atom. The van der Waals surface area contributed by atoms with Crippen LogP contribution in [0.3, 0.4) is 0 Å². The second-order valence-electron chi connectivity index (χ2n) is 6.05. The normalized spacial score (nSPS) is 9.97. The number of hydrogen-bond donors (Lipinski definition) is 2. The van der Waals surface area contributed by atoms with E-state index in [-0.39, 0.29) is 23.0 Å². The van der Waals surface area contributed by atoms with E-state index in [0.29, 0.717) is 18.0 Å². The summed E-state index contributed by atoms with van der Waals surface area (Å²) in [6.45, 7) is 0.347. The fourth-order valence-electron chi connectivity index (χ4n) is 2.58. The zero-order chi connectivity index (χ0) is 22.8. The molecule has 9 heteroatoms. The van der Waals surface area contributed by atoms with Crippen molar-refractivity contribution in [3.05, 3.63) is 65.6 Å². The molecule has 0 aliphatic heterocycles. The Balaban J connectivity index is 0.000000785. The minimum absolute atomic E-state index is 0.0508. The van der Waals surface area contributed by atoms with Crippen molar-refractivity contribution in [3.8, 4) is 29.4 Å². The predicted molar refractivity (Wildman–Crippen MR) is 119 cm³/mol. The molecule has 2 aromatic carbocycles. The highest BCUT2D eigenvalue weighted by Crippen LogP contribution is 2.31. The summed E-state index contributed by atoms with van der Waals surface area (Å²) in [6, 6.07) is 8.22. The number of nitrogens with one attached hydrogen (secondary N) is 1. The van der Waals surface area contributed by atoms with Crippen molar-refractivity contribution in [1.29, 1.82) is 0 Å². The molecule has 0 aliphatic rings. The second-order valence-corrected chi connectivity index (χ2v) is 6.92. The number of hydrogen-bond acceptors (Lipinski definition) is 6. The van der Waals surface area contributed by atoms with Crippen molar-refractivity contribution in [2.24, 2.45) is 5.73 Å². The molecule has 1 heterocycles. The maximum absolute atomic E-state index is 14.3. The molecule has 0 spiro atoms. The van der Waals surface area contributed by atoms with Crippen LogP contribution in [-0.2, 0) is 5.75 Å². The minimum atomic E-state index is -0.687. The average molecular weight is 446 g/mol. The lowest BCUT2D eigenvalue weighted by Crippen LogP contribution is -2.02. The maximum atomic E-state index is 14.3. The van der Waals surface area contributed by atoms with Crippen LogP contribution in [0.2, 0.25) is 0 Å². The first-order valence-corrected chi connectivity index (χ1v) is 10.4. The van der Waals surface area contributed by atoms with E-state index in [1.165, 1.54) is 31.4 Å². The van der Waals surface area contributed by atoms with Gasteiger partial charge in [0, 0.05) is 23.1 Å². The number of benzene rings is 2. The summed E-state index contributed by atoms with van der Waals surface area (Å²) in [7, 11) is 1.36. The smallest absolute Gasteiger partial charge is 0.227 e. The molecule has 31 heavy (non-hydrogen) atoms. The molecule has 0 saturated heterocycles. The van der Waals surface area contributed by atoms with Gasteiger partial charge in [-0.05, 0) is 42.2 Å². The Bertz CT molecular complexity index is 1070. The van der Waals surface area contributed by atoms with Gasteiger partial charge in [0.1, 0.15) is 23.1 Å². The molecule has 1 aromatic heterocycles. The lowest BCUT2D eigenvalue weighted by atomic mass is 10.1. The average Bonchev–Trinajstić information content (AvgIpc) is 2.75. The fraction of sp³-hybridized carbons (Fsp3) is 0.182. The standard InChI is InChI=1S/C19H16F3N3OS.C3H5N/c1-26-17-8-12(20)3-4-15(17)18-16(22)9-23-19(25-18)24-14-6-11(10-27-2)5-13(21)7-14;1-2-3-4/h3-9H,10H2,1-2H3,(H,23,24,25);1H,3-4H2. The van der Waals surface area contributed by atoms with Gasteiger partial charge in [0.15, 0.2) is 5.82 Å². The number of rotatable bonds is 6. The van der Waals surface area contributed by atoms with Gasteiger partial charge in [-0.15, -0.1) is 6.42 Å². The Labute approximate surface area is 183 Å². The summed E-state index contributed by atoms with van der Waals surface area (Å²) in [5, 5.41) is 2.88. The number of halogens is 3. The van der Waals surface area contributed by atoms with Crippen LogP contribution in [0.15, 0.2) is 42.6 Å². The molecule has 5 nitrogen and oxygen atoms in total. The summed E-state index contributed by atoms with van der Waals surface area (Å²) in [6.07, 6.45) is 7.57. The van der Waals surface area contributed by atoms with E-state index >= 15 is 0 Å². The third-order valence-electron chi connectivity index (χ3n) is 3.81. The van der Waals surface area contributed by atoms with Gasteiger partial charge in [0.25, 0.3) is 0 Å². The van der Waals surface area contributed by atoms with E-state index in [1.54, 1.807) is 17.8 Å². The number of aromatic nitrogens is 2. The fourth-order valence-corrected chi connectivity index (χ4v) is 3.08. The Morgan fingerprint density at radius 3 is 2.55 bits per heavy atom. The highest BCUT2D eigenvalue weighted by atomic mass is 32.2. The lowest BCUT2D eigenvalue weighted by molar-refractivity contribution is 0.412. The number of terminal acetylenes is 1. The molecule has 0 radical (unpaired) electrons. The second kappa shape index (κ2) is 11.8. The number of thioether (sulfide) groups is 1. The molecular weight excluding hydrogens is 425 g/mol. The predicted octanol–water partition coefficient (Wildman–Crippen LogP) is 4.75. The molecule has 0 aliphatic carbocycles.